The van der Waals surface area contributed by atoms with Crippen LogP contribution in [0, 0.1) is 0 Å². The van der Waals surface area contributed by atoms with Gasteiger partial charge in [-0.25, -0.2) is 0 Å². The van der Waals surface area contributed by atoms with E-state index in [0.29, 0.717) is 6.04 Å². The van der Waals surface area contributed by atoms with Crippen LogP contribution in [-0.2, 0) is 0 Å². The summed E-state index contributed by atoms with van der Waals surface area (Å²) in [4.78, 5) is 0. The quantitative estimate of drug-likeness (QED) is 0.902. The van der Waals surface area contributed by atoms with Gasteiger partial charge in [-0.15, -0.1) is 0 Å². The Morgan fingerprint density at radius 2 is 1.76 bits per heavy atom. The summed E-state index contributed by atoms with van der Waals surface area (Å²) in [5.74, 6) is 0.888. The molecular weight excluding hydrogens is 260 g/mol. The van der Waals surface area contributed by atoms with E-state index < -0.39 is 0 Å². The smallest absolute Gasteiger partial charge is 0.118 e. The molecule has 1 aliphatic rings. The lowest BCUT2D eigenvalue weighted by molar-refractivity contribution is 0.413. The van der Waals surface area contributed by atoms with E-state index in [4.69, 9.17) is 10.5 Å². The average Bonchev–Trinajstić information content (AvgIpc) is 2.84. The van der Waals surface area contributed by atoms with E-state index >= 15 is 0 Å². The maximum atomic E-state index is 6.23. The van der Waals surface area contributed by atoms with Crippen molar-refractivity contribution in [2.75, 3.05) is 7.11 Å². The van der Waals surface area contributed by atoms with Gasteiger partial charge in [-0.05, 0) is 42.2 Å². The predicted molar refractivity (Wildman–Crippen MR) is 85.3 cm³/mol. The van der Waals surface area contributed by atoms with Crippen molar-refractivity contribution in [1.29, 1.82) is 0 Å². The molecule has 0 radical (unpaired) electrons. The van der Waals surface area contributed by atoms with Crippen molar-refractivity contribution in [3.05, 3.63) is 65.2 Å². The van der Waals surface area contributed by atoms with E-state index in [0.717, 1.165) is 12.2 Å². The highest BCUT2D eigenvalue weighted by molar-refractivity contribution is 5.38. The molecule has 0 saturated carbocycles. The summed E-state index contributed by atoms with van der Waals surface area (Å²) < 4.78 is 5.21. The summed E-state index contributed by atoms with van der Waals surface area (Å²) in [5.41, 5.74) is 10.1. The van der Waals surface area contributed by atoms with Crippen molar-refractivity contribution < 1.29 is 4.74 Å². The third kappa shape index (κ3) is 2.80. The van der Waals surface area contributed by atoms with Gasteiger partial charge >= 0.3 is 0 Å². The molecule has 3 unspecified atom stereocenters. The zero-order valence-corrected chi connectivity index (χ0v) is 12.5. The molecule has 0 spiro atoms. The summed E-state index contributed by atoms with van der Waals surface area (Å²) >= 11 is 0. The van der Waals surface area contributed by atoms with Crippen LogP contribution in [0.5, 0.6) is 5.75 Å². The Labute approximate surface area is 126 Å². The van der Waals surface area contributed by atoms with Crippen molar-refractivity contribution in [1.82, 2.24) is 5.32 Å². The summed E-state index contributed by atoms with van der Waals surface area (Å²) in [7, 11) is 1.69. The zero-order chi connectivity index (χ0) is 14.8. The molecule has 21 heavy (non-hydrogen) atoms. The first-order chi connectivity index (χ1) is 10.2. The molecule has 0 bridgehead atoms. The molecule has 2 aromatic carbocycles. The van der Waals surface area contributed by atoms with Gasteiger partial charge in [0, 0.05) is 18.1 Å². The van der Waals surface area contributed by atoms with Crippen LogP contribution >= 0.6 is 0 Å². The molecule has 2 aromatic rings. The minimum atomic E-state index is 0.141. The second-order valence-electron chi connectivity index (χ2n) is 5.69. The molecule has 110 valence electrons. The van der Waals surface area contributed by atoms with Gasteiger partial charge in [-0.1, -0.05) is 36.4 Å². The molecule has 3 atom stereocenters. The van der Waals surface area contributed by atoms with E-state index in [9.17, 15) is 0 Å². The first-order valence-electron chi connectivity index (χ1n) is 7.43. The van der Waals surface area contributed by atoms with Crippen LogP contribution in [0.25, 0.3) is 0 Å². The number of benzene rings is 2. The van der Waals surface area contributed by atoms with Gasteiger partial charge < -0.3 is 15.8 Å². The molecule has 0 fully saturated rings. The number of nitrogens with two attached hydrogens (primary N) is 1. The Kier molecular flexibility index (Phi) is 3.95. The summed E-state index contributed by atoms with van der Waals surface area (Å²) in [5, 5.41) is 3.70. The number of nitrogens with one attached hydrogen (secondary N) is 1. The standard InChI is InChI=1S/C18H22N2O/c1-12(13-7-9-14(21-2)10-8-13)20-18-11-17(19)15-5-3-4-6-16(15)18/h3-10,12,17-18,20H,11,19H2,1-2H3. The highest BCUT2D eigenvalue weighted by Gasteiger charge is 2.28. The van der Waals surface area contributed by atoms with Gasteiger partial charge in [0.2, 0.25) is 0 Å². The van der Waals surface area contributed by atoms with E-state index in [2.05, 4.69) is 48.6 Å². The molecule has 3 nitrogen and oxygen atoms in total. The fourth-order valence-electron chi connectivity index (χ4n) is 3.12. The molecule has 3 heteroatoms. The first kappa shape index (κ1) is 14.1. The summed E-state index contributed by atoms with van der Waals surface area (Å²) in [6, 6.07) is 17.4. The van der Waals surface area contributed by atoms with Crippen molar-refractivity contribution >= 4 is 0 Å². The maximum absolute atomic E-state index is 6.23. The predicted octanol–water partition coefficient (Wildman–Crippen LogP) is 3.49. The third-order valence-corrected chi connectivity index (χ3v) is 4.33. The molecule has 0 heterocycles. The van der Waals surface area contributed by atoms with Crippen molar-refractivity contribution in [3.63, 3.8) is 0 Å². The number of hydrogen-bond acceptors (Lipinski definition) is 3. The molecule has 3 rings (SSSR count). The van der Waals surface area contributed by atoms with Crippen LogP contribution in [0.2, 0.25) is 0 Å². The Bertz CT molecular complexity index is 609. The number of methoxy groups -OCH3 is 1. The first-order valence-corrected chi connectivity index (χ1v) is 7.43. The Morgan fingerprint density at radius 1 is 1.10 bits per heavy atom. The molecule has 0 aliphatic heterocycles. The minimum absolute atomic E-state index is 0.141. The molecule has 3 N–H and O–H groups in total. The van der Waals surface area contributed by atoms with Crippen molar-refractivity contribution in [3.8, 4) is 5.75 Å². The molecule has 1 aliphatic carbocycles. The lowest BCUT2D eigenvalue weighted by atomic mass is 10.0. The SMILES string of the molecule is COc1ccc(C(C)NC2CC(N)c3ccccc32)cc1. The monoisotopic (exact) mass is 282 g/mol. The maximum Gasteiger partial charge on any atom is 0.118 e. The van der Waals surface area contributed by atoms with Gasteiger partial charge in [0.05, 0.1) is 7.11 Å². The molecule has 0 amide bonds. The Hall–Kier alpha value is -1.84. The lowest BCUT2D eigenvalue weighted by Crippen LogP contribution is -2.23. The van der Waals surface area contributed by atoms with Gasteiger partial charge in [0.25, 0.3) is 0 Å². The van der Waals surface area contributed by atoms with E-state index in [1.165, 1.54) is 16.7 Å². The van der Waals surface area contributed by atoms with Gasteiger partial charge in [0.1, 0.15) is 5.75 Å². The number of ether oxygens (including phenoxy) is 1. The van der Waals surface area contributed by atoms with Gasteiger partial charge in [0.15, 0.2) is 0 Å². The second kappa shape index (κ2) is 5.88. The summed E-state index contributed by atoms with van der Waals surface area (Å²) in [6.45, 7) is 2.19. The van der Waals surface area contributed by atoms with E-state index in [1.807, 2.05) is 12.1 Å². The van der Waals surface area contributed by atoms with Crippen LogP contribution in [-0.4, -0.2) is 7.11 Å². The Morgan fingerprint density at radius 3 is 2.43 bits per heavy atom. The normalized spacial score (nSPS) is 21.9. The fraction of sp³-hybridized carbons (Fsp3) is 0.333. The number of fused-ring (bicyclic) bond motifs is 1. The van der Waals surface area contributed by atoms with Crippen LogP contribution in [0.15, 0.2) is 48.5 Å². The lowest BCUT2D eigenvalue weighted by Gasteiger charge is -2.21. The van der Waals surface area contributed by atoms with Crippen LogP contribution < -0.4 is 15.8 Å². The topological polar surface area (TPSA) is 47.3 Å². The van der Waals surface area contributed by atoms with Crippen LogP contribution in [0.1, 0.15) is 48.2 Å². The second-order valence-corrected chi connectivity index (χ2v) is 5.69. The van der Waals surface area contributed by atoms with Gasteiger partial charge in [-0.3, -0.25) is 0 Å². The zero-order valence-electron chi connectivity index (χ0n) is 12.5. The number of hydrogen-bond donors (Lipinski definition) is 2. The van der Waals surface area contributed by atoms with Crippen molar-refractivity contribution in [2.45, 2.75) is 31.5 Å². The average molecular weight is 282 g/mol. The molecular formula is C18H22N2O. The Balaban J connectivity index is 1.74. The van der Waals surface area contributed by atoms with E-state index in [-0.39, 0.29) is 12.1 Å². The number of rotatable bonds is 4. The fourth-order valence-corrected chi connectivity index (χ4v) is 3.12. The van der Waals surface area contributed by atoms with Gasteiger partial charge in [-0.2, -0.15) is 0 Å². The minimum Gasteiger partial charge on any atom is -0.497 e. The summed E-state index contributed by atoms with van der Waals surface area (Å²) in [6.07, 6.45) is 0.958. The largest absolute Gasteiger partial charge is 0.497 e. The van der Waals surface area contributed by atoms with Crippen molar-refractivity contribution in [2.24, 2.45) is 5.73 Å². The highest BCUT2D eigenvalue weighted by Crippen LogP contribution is 2.38. The van der Waals surface area contributed by atoms with Crippen LogP contribution in [0.4, 0.5) is 0 Å². The molecule has 0 saturated heterocycles. The van der Waals surface area contributed by atoms with E-state index in [1.54, 1.807) is 7.11 Å². The van der Waals surface area contributed by atoms with Crippen LogP contribution in [0.3, 0.4) is 0 Å². The third-order valence-electron chi connectivity index (χ3n) is 4.33. The molecule has 0 aromatic heterocycles. The highest BCUT2D eigenvalue weighted by atomic mass is 16.5.